The van der Waals surface area contributed by atoms with Gasteiger partial charge in [-0.1, -0.05) is 29.8 Å². The van der Waals surface area contributed by atoms with Crippen molar-refractivity contribution >= 4 is 33.4 Å². The summed E-state index contributed by atoms with van der Waals surface area (Å²) >= 11 is 6.09. The van der Waals surface area contributed by atoms with Crippen molar-refractivity contribution in [2.45, 2.75) is 6.92 Å². The Hall–Kier alpha value is -3.50. The summed E-state index contributed by atoms with van der Waals surface area (Å²) in [7, 11) is 0. The van der Waals surface area contributed by atoms with Gasteiger partial charge in [-0.25, -0.2) is 4.98 Å². The molecular weight excluding hydrogens is 382 g/mol. The summed E-state index contributed by atoms with van der Waals surface area (Å²) < 4.78 is 1.68. The highest BCUT2D eigenvalue weighted by atomic mass is 35.5. The second-order valence-corrected chi connectivity index (χ2v) is 7.34. The van der Waals surface area contributed by atoms with Crippen molar-refractivity contribution in [2.75, 3.05) is 0 Å². The molecule has 4 nitrogen and oxygen atoms in total. The van der Waals surface area contributed by atoms with E-state index in [1.807, 2.05) is 61.5 Å². The van der Waals surface area contributed by atoms with Gasteiger partial charge in [-0.2, -0.15) is 0 Å². The van der Waals surface area contributed by atoms with Gasteiger partial charge in [0, 0.05) is 22.2 Å². The van der Waals surface area contributed by atoms with Gasteiger partial charge in [0.1, 0.15) is 5.82 Å². The summed E-state index contributed by atoms with van der Waals surface area (Å²) in [4.78, 5) is 23.0. The van der Waals surface area contributed by atoms with Gasteiger partial charge in [0.15, 0.2) is 0 Å². The van der Waals surface area contributed by atoms with E-state index < -0.39 is 0 Å². The third-order valence-electron chi connectivity index (χ3n) is 5.08. The number of rotatable bonds is 2. The maximum atomic E-state index is 13.7. The SMILES string of the molecule is Cc1ccccc1-n1c(-c2ccc(Cl)cc2)nc2c(ccc3ncccc32)c1=O. The smallest absolute Gasteiger partial charge is 0.266 e. The minimum absolute atomic E-state index is 0.111. The van der Waals surface area contributed by atoms with Crippen LogP contribution in [0.1, 0.15) is 5.56 Å². The summed E-state index contributed by atoms with van der Waals surface area (Å²) in [5, 5.41) is 2.05. The topological polar surface area (TPSA) is 47.8 Å². The van der Waals surface area contributed by atoms with Crippen LogP contribution in [0.15, 0.2) is 83.8 Å². The summed E-state index contributed by atoms with van der Waals surface area (Å²) in [6.07, 6.45) is 1.74. The Bertz CT molecular complexity index is 1440. The van der Waals surface area contributed by atoms with Crippen LogP contribution < -0.4 is 5.56 Å². The molecule has 5 aromatic rings. The Morgan fingerprint density at radius 3 is 2.45 bits per heavy atom. The van der Waals surface area contributed by atoms with E-state index in [4.69, 9.17) is 16.6 Å². The lowest BCUT2D eigenvalue weighted by Gasteiger charge is -2.16. The van der Waals surface area contributed by atoms with E-state index >= 15 is 0 Å². The monoisotopic (exact) mass is 397 g/mol. The predicted octanol–water partition coefficient (Wildman–Crippen LogP) is 5.56. The lowest BCUT2D eigenvalue weighted by molar-refractivity contribution is 0.966. The van der Waals surface area contributed by atoms with Gasteiger partial charge in [-0.05, 0) is 67.1 Å². The highest BCUT2D eigenvalue weighted by molar-refractivity contribution is 6.30. The van der Waals surface area contributed by atoms with Crippen molar-refractivity contribution < 1.29 is 0 Å². The fourth-order valence-electron chi connectivity index (χ4n) is 3.63. The largest absolute Gasteiger partial charge is 0.268 e. The van der Waals surface area contributed by atoms with Crippen LogP contribution in [-0.4, -0.2) is 14.5 Å². The Kier molecular flexibility index (Phi) is 4.14. The summed E-state index contributed by atoms with van der Waals surface area (Å²) in [6.45, 7) is 1.99. The van der Waals surface area contributed by atoms with Gasteiger partial charge in [-0.3, -0.25) is 14.3 Å². The van der Waals surface area contributed by atoms with Crippen molar-refractivity contribution in [3.05, 3.63) is 99.9 Å². The van der Waals surface area contributed by atoms with Crippen LogP contribution in [-0.2, 0) is 0 Å². The summed E-state index contributed by atoms with van der Waals surface area (Å²) in [5.74, 6) is 0.574. The summed E-state index contributed by atoms with van der Waals surface area (Å²) in [6, 6.07) is 22.7. The van der Waals surface area contributed by atoms with Crippen LogP contribution >= 0.6 is 11.6 Å². The Morgan fingerprint density at radius 1 is 0.862 bits per heavy atom. The third kappa shape index (κ3) is 2.89. The number of halogens is 1. The Morgan fingerprint density at radius 2 is 1.66 bits per heavy atom. The predicted molar refractivity (Wildman–Crippen MR) is 118 cm³/mol. The minimum Gasteiger partial charge on any atom is -0.268 e. The highest BCUT2D eigenvalue weighted by Gasteiger charge is 2.17. The van der Waals surface area contributed by atoms with E-state index in [9.17, 15) is 4.79 Å². The average molecular weight is 398 g/mol. The second kappa shape index (κ2) is 6.83. The van der Waals surface area contributed by atoms with Crippen molar-refractivity contribution in [2.24, 2.45) is 0 Å². The third-order valence-corrected chi connectivity index (χ3v) is 5.33. The molecule has 0 unspecified atom stereocenters. The van der Waals surface area contributed by atoms with E-state index in [-0.39, 0.29) is 5.56 Å². The number of para-hydroxylation sites is 1. The lowest BCUT2D eigenvalue weighted by atomic mass is 10.1. The zero-order valence-electron chi connectivity index (χ0n) is 15.6. The minimum atomic E-state index is -0.111. The lowest BCUT2D eigenvalue weighted by Crippen LogP contribution is -2.22. The number of nitrogens with zero attached hydrogens (tertiary/aromatic N) is 3. The van der Waals surface area contributed by atoms with Crippen molar-refractivity contribution in [1.29, 1.82) is 0 Å². The molecule has 0 radical (unpaired) electrons. The molecule has 3 aromatic carbocycles. The standard InChI is InChI=1S/C24H16ClN3O/c1-15-5-2-3-7-21(15)28-23(16-8-10-17(25)11-9-16)27-22-18-6-4-14-26-20(18)13-12-19(22)24(28)29/h2-14H,1H3. The Labute approximate surface area is 172 Å². The van der Waals surface area contributed by atoms with Gasteiger partial charge in [0.25, 0.3) is 5.56 Å². The molecule has 0 aliphatic rings. The van der Waals surface area contributed by atoms with Crippen LogP contribution in [0.4, 0.5) is 0 Å². The van der Waals surface area contributed by atoms with Crippen LogP contribution in [0.25, 0.3) is 38.9 Å². The first-order valence-corrected chi connectivity index (χ1v) is 9.64. The number of aryl methyl sites for hydroxylation is 1. The maximum absolute atomic E-state index is 13.7. The molecule has 5 heteroatoms. The molecule has 2 heterocycles. The van der Waals surface area contributed by atoms with Gasteiger partial charge in [0.2, 0.25) is 0 Å². The van der Waals surface area contributed by atoms with Gasteiger partial charge in [0.05, 0.1) is 22.1 Å². The quantitative estimate of drug-likeness (QED) is 0.366. The molecule has 0 fully saturated rings. The fraction of sp³-hybridized carbons (Fsp3) is 0.0417. The summed E-state index contributed by atoms with van der Waals surface area (Å²) in [5.41, 5.74) is 3.96. The second-order valence-electron chi connectivity index (χ2n) is 6.90. The van der Waals surface area contributed by atoms with E-state index in [2.05, 4.69) is 4.98 Å². The van der Waals surface area contributed by atoms with E-state index in [1.54, 1.807) is 29.0 Å². The van der Waals surface area contributed by atoms with Crippen molar-refractivity contribution in [3.63, 3.8) is 0 Å². The molecule has 140 valence electrons. The molecule has 0 aliphatic carbocycles. The number of benzene rings is 3. The van der Waals surface area contributed by atoms with Crippen molar-refractivity contribution in [1.82, 2.24) is 14.5 Å². The number of fused-ring (bicyclic) bond motifs is 3. The molecule has 2 aromatic heterocycles. The molecule has 29 heavy (non-hydrogen) atoms. The molecule has 0 saturated carbocycles. The fourth-order valence-corrected chi connectivity index (χ4v) is 3.76. The molecule has 0 bridgehead atoms. The number of aromatic nitrogens is 3. The molecule has 0 amide bonds. The van der Waals surface area contributed by atoms with E-state index in [0.29, 0.717) is 21.7 Å². The van der Waals surface area contributed by atoms with Crippen LogP contribution in [0, 0.1) is 6.92 Å². The molecule has 0 aliphatic heterocycles. The van der Waals surface area contributed by atoms with Crippen LogP contribution in [0.3, 0.4) is 0 Å². The molecule has 0 saturated heterocycles. The Balaban J connectivity index is 1.97. The molecule has 0 N–H and O–H groups in total. The molecule has 5 rings (SSSR count). The molecular formula is C24H16ClN3O. The van der Waals surface area contributed by atoms with E-state index in [1.165, 1.54) is 0 Å². The van der Waals surface area contributed by atoms with Gasteiger partial charge in [-0.15, -0.1) is 0 Å². The van der Waals surface area contributed by atoms with Crippen LogP contribution in [0.5, 0.6) is 0 Å². The average Bonchev–Trinajstić information content (AvgIpc) is 2.75. The maximum Gasteiger partial charge on any atom is 0.266 e. The van der Waals surface area contributed by atoms with E-state index in [0.717, 1.165) is 27.7 Å². The zero-order valence-corrected chi connectivity index (χ0v) is 16.4. The van der Waals surface area contributed by atoms with Crippen molar-refractivity contribution in [3.8, 4) is 17.1 Å². The van der Waals surface area contributed by atoms with Crippen LogP contribution in [0.2, 0.25) is 5.02 Å². The number of hydrogen-bond acceptors (Lipinski definition) is 3. The zero-order chi connectivity index (χ0) is 20.0. The van der Waals surface area contributed by atoms with Gasteiger partial charge >= 0.3 is 0 Å². The molecule has 0 spiro atoms. The normalized spacial score (nSPS) is 11.2. The van der Waals surface area contributed by atoms with Gasteiger partial charge < -0.3 is 0 Å². The number of pyridine rings is 1. The molecule has 0 atom stereocenters. The first kappa shape index (κ1) is 17.6. The first-order chi connectivity index (χ1) is 14.1. The first-order valence-electron chi connectivity index (χ1n) is 9.26. The highest BCUT2D eigenvalue weighted by Crippen LogP contribution is 2.27. The number of hydrogen-bond donors (Lipinski definition) is 0.